The Morgan fingerprint density at radius 1 is 1.13 bits per heavy atom. The van der Waals surface area contributed by atoms with Crippen molar-refractivity contribution in [1.29, 1.82) is 0 Å². The predicted molar refractivity (Wildman–Crippen MR) is 110 cm³/mol. The number of nitrogens with zero attached hydrogens (tertiary/aromatic N) is 1. The third-order valence-corrected chi connectivity index (χ3v) is 5.84. The number of halogens is 5. The molecule has 1 heterocycles. The molecule has 3 aromatic rings. The Hall–Kier alpha value is -2.87. The van der Waals surface area contributed by atoms with Crippen LogP contribution in [0.3, 0.4) is 0 Å². The number of nitrogens with one attached hydrogen (secondary N) is 1. The summed E-state index contributed by atoms with van der Waals surface area (Å²) in [7, 11) is 0. The van der Waals surface area contributed by atoms with E-state index in [1.807, 2.05) is 0 Å². The first kappa shape index (κ1) is 21.4. The molecule has 0 aliphatic heterocycles. The van der Waals surface area contributed by atoms with Crippen LogP contribution in [0.1, 0.15) is 36.4 Å². The molecule has 31 heavy (non-hydrogen) atoms. The van der Waals surface area contributed by atoms with Crippen LogP contribution < -0.4 is 10.9 Å². The van der Waals surface area contributed by atoms with Crippen LogP contribution in [0.5, 0.6) is 0 Å². The molecule has 0 unspecified atom stereocenters. The molecular weight excluding hydrogens is 436 g/mol. The Bertz CT molecular complexity index is 1230. The Labute approximate surface area is 179 Å². The highest BCUT2D eigenvalue weighted by Gasteiger charge is 2.35. The highest BCUT2D eigenvalue weighted by molar-refractivity contribution is 6.35. The van der Waals surface area contributed by atoms with Gasteiger partial charge in [-0.1, -0.05) is 23.7 Å². The summed E-state index contributed by atoms with van der Waals surface area (Å²) in [4.78, 5) is 25.3. The third kappa shape index (κ3) is 4.04. The average molecular weight is 453 g/mol. The average Bonchev–Trinajstić information content (AvgIpc) is 2.65. The molecule has 1 N–H and O–H groups in total. The minimum absolute atomic E-state index is 0.148. The quantitative estimate of drug-likeness (QED) is 0.515. The van der Waals surface area contributed by atoms with E-state index in [0.29, 0.717) is 16.8 Å². The molecule has 1 aliphatic carbocycles. The fraction of sp³-hybridized carbons (Fsp3) is 0.273. The van der Waals surface area contributed by atoms with Gasteiger partial charge in [-0.25, -0.2) is 4.39 Å². The highest BCUT2D eigenvalue weighted by Crippen LogP contribution is 2.34. The molecule has 0 saturated heterocycles. The van der Waals surface area contributed by atoms with Gasteiger partial charge in [0.1, 0.15) is 5.82 Å². The van der Waals surface area contributed by atoms with Crippen LogP contribution in [-0.2, 0) is 17.4 Å². The summed E-state index contributed by atoms with van der Waals surface area (Å²) in [5, 5.41) is 3.45. The van der Waals surface area contributed by atoms with Gasteiger partial charge in [0, 0.05) is 23.0 Å². The topological polar surface area (TPSA) is 51.1 Å². The van der Waals surface area contributed by atoms with Crippen LogP contribution in [0.4, 0.5) is 23.2 Å². The summed E-state index contributed by atoms with van der Waals surface area (Å²) < 4.78 is 54.6. The van der Waals surface area contributed by atoms with Gasteiger partial charge >= 0.3 is 6.18 Å². The molecule has 4 rings (SSSR count). The van der Waals surface area contributed by atoms with Gasteiger partial charge in [-0.2, -0.15) is 13.2 Å². The molecule has 1 amide bonds. The van der Waals surface area contributed by atoms with Crippen molar-refractivity contribution >= 4 is 34.0 Å². The molecule has 1 aromatic heterocycles. The van der Waals surface area contributed by atoms with E-state index in [-0.39, 0.29) is 22.3 Å². The zero-order valence-corrected chi connectivity index (χ0v) is 16.9. The lowest BCUT2D eigenvalue weighted by molar-refractivity contribution is -0.140. The van der Waals surface area contributed by atoms with Gasteiger partial charge in [0.15, 0.2) is 0 Å². The monoisotopic (exact) mass is 452 g/mol. The van der Waals surface area contributed by atoms with Crippen LogP contribution in [0, 0.1) is 5.82 Å². The fourth-order valence-electron chi connectivity index (χ4n) is 3.69. The van der Waals surface area contributed by atoms with Crippen molar-refractivity contribution in [2.75, 3.05) is 5.32 Å². The minimum Gasteiger partial charge on any atom is -0.324 e. The minimum atomic E-state index is -4.87. The van der Waals surface area contributed by atoms with Gasteiger partial charge in [-0.15, -0.1) is 0 Å². The van der Waals surface area contributed by atoms with Gasteiger partial charge < -0.3 is 9.88 Å². The van der Waals surface area contributed by atoms with Crippen molar-refractivity contribution in [3.63, 3.8) is 0 Å². The maximum atomic E-state index is 14.2. The van der Waals surface area contributed by atoms with Crippen molar-refractivity contribution in [2.24, 2.45) is 0 Å². The van der Waals surface area contributed by atoms with Gasteiger partial charge in [-0.3, -0.25) is 9.59 Å². The van der Waals surface area contributed by atoms with Crippen LogP contribution >= 0.6 is 11.6 Å². The predicted octanol–water partition coefficient (Wildman–Crippen LogP) is 5.72. The molecule has 1 aliphatic rings. The maximum absolute atomic E-state index is 14.2. The van der Waals surface area contributed by atoms with Crippen LogP contribution in [0.25, 0.3) is 10.8 Å². The van der Waals surface area contributed by atoms with E-state index >= 15 is 0 Å². The first-order chi connectivity index (χ1) is 14.7. The molecule has 0 spiro atoms. The number of fused-ring (bicyclic) bond motifs is 1. The zero-order valence-electron chi connectivity index (χ0n) is 16.1. The lowest BCUT2D eigenvalue weighted by Crippen LogP contribution is -2.28. The SMILES string of the molecule is O=C(Cc1cccc(C(F)(F)F)c1F)Nc1c(Cl)ccc2c(=O)n(C3CCC3)ccc12. The second kappa shape index (κ2) is 8.00. The van der Waals surface area contributed by atoms with Crippen LogP contribution in [0.15, 0.2) is 47.4 Å². The van der Waals surface area contributed by atoms with Crippen molar-refractivity contribution in [3.8, 4) is 0 Å². The molecule has 2 aromatic carbocycles. The molecule has 0 radical (unpaired) electrons. The van der Waals surface area contributed by atoms with E-state index in [4.69, 9.17) is 11.6 Å². The summed E-state index contributed by atoms with van der Waals surface area (Å²) in [5.74, 6) is -2.24. The number of carbonyl (C=O) groups excluding carboxylic acids is 1. The van der Waals surface area contributed by atoms with Crippen molar-refractivity contribution in [2.45, 2.75) is 37.9 Å². The third-order valence-electron chi connectivity index (χ3n) is 5.53. The summed E-state index contributed by atoms with van der Waals surface area (Å²) in [6.45, 7) is 0. The Morgan fingerprint density at radius 3 is 2.52 bits per heavy atom. The normalized spacial score (nSPS) is 14.5. The largest absolute Gasteiger partial charge is 0.419 e. The number of hydrogen-bond donors (Lipinski definition) is 1. The van der Waals surface area contributed by atoms with Crippen molar-refractivity contribution in [1.82, 2.24) is 4.57 Å². The number of rotatable bonds is 4. The van der Waals surface area contributed by atoms with Crippen molar-refractivity contribution in [3.05, 3.63) is 74.9 Å². The summed E-state index contributed by atoms with van der Waals surface area (Å²) in [5.41, 5.74) is -1.87. The highest BCUT2D eigenvalue weighted by atomic mass is 35.5. The lowest BCUT2D eigenvalue weighted by Gasteiger charge is -2.28. The molecule has 1 saturated carbocycles. The first-order valence-electron chi connectivity index (χ1n) is 9.64. The zero-order chi connectivity index (χ0) is 22.3. The molecule has 0 bridgehead atoms. The standard InChI is InChI=1S/C22H17ClF4N2O2/c23-17-8-7-15-14(9-10-29(21(15)31)13-4-2-5-13)20(17)28-18(30)11-12-3-1-6-16(19(12)24)22(25,26)27/h1,3,6-10,13H,2,4-5,11H2,(H,28,30). The summed E-state index contributed by atoms with van der Waals surface area (Å²) in [6, 6.07) is 7.63. The number of alkyl halides is 3. The molecule has 4 nitrogen and oxygen atoms in total. The number of anilines is 1. The molecule has 0 atom stereocenters. The van der Waals surface area contributed by atoms with Gasteiger partial charge in [0.2, 0.25) is 5.91 Å². The fourth-order valence-corrected chi connectivity index (χ4v) is 3.90. The van der Waals surface area contributed by atoms with E-state index in [0.717, 1.165) is 31.4 Å². The number of amides is 1. The maximum Gasteiger partial charge on any atom is 0.419 e. The number of aromatic nitrogens is 1. The summed E-state index contributed by atoms with van der Waals surface area (Å²) in [6.07, 6.45) is -0.941. The van der Waals surface area contributed by atoms with Crippen molar-refractivity contribution < 1.29 is 22.4 Å². The second-order valence-corrected chi connectivity index (χ2v) is 7.91. The van der Waals surface area contributed by atoms with Gasteiger partial charge in [-0.05, 0) is 49.1 Å². The van der Waals surface area contributed by atoms with E-state index < -0.39 is 35.4 Å². The lowest BCUT2D eigenvalue weighted by atomic mass is 9.92. The Kier molecular flexibility index (Phi) is 5.51. The molecule has 1 fully saturated rings. The number of carbonyl (C=O) groups is 1. The van der Waals surface area contributed by atoms with E-state index in [2.05, 4.69) is 5.32 Å². The number of hydrogen-bond acceptors (Lipinski definition) is 2. The van der Waals surface area contributed by atoms with E-state index in [1.165, 1.54) is 6.07 Å². The van der Waals surface area contributed by atoms with E-state index in [9.17, 15) is 27.2 Å². The van der Waals surface area contributed by atoms with Crippen LogP contribution in [-0.4, -0.2) is 10.5 Å². The Morgan fingerprint density at radius 2 is 1.87 bits per heavy atom. The second-order valence-electron chi connectivity index (χ2n) is 7.50. The smallest absolute Gasteiger partial charge is 0.324 e. The van der Waals surface area contributed by atoms with E-state index in [1.54, 1.807) is 22.9 Å². The number of benzene rings is 2. The number of pyridine rings is 1. The molecule has 9 heteroatoms. The summed E-state index contributed by atoms with van der Waals surface area (Å²) >= 11 is 6.21. The van der Waals surface area contributed by atoms with Gasteiger partial charge in [0.05, 0.1) is 22.7 Å². The van der Waals surface area contributed by atoms with Gasteiger partial charge in [0.25, 0.3) is 5.56 Å². The Balaban J connectivity index is 1.64. The molecule has 162 valence electrons. The first-order valence-corrected chi connectivity index (χ1v) is 10.0. The van der Waals surface area contributed by atoms with Crippen LogP contribution in [0.2, 0.25) is 5.02 Å². The molecular formula is C22H17ClF4N2O2.